The molecule has 2 fully saturated rings. The van der Waals surface area contributed by atoms with E-state index in [1.165, 1.54) is 0 Å². The third-order valence-corrected chi connectivity index (χ3v) is 3.10. The Morgan fingerprint density at radius 2 is 1.92 bits per heavy atom. The van der Waals surface area contributed by atoms with E-state index in [2.05, 4.69) is 0 Å². The van der Waals surface area contributed by atoms with Crippen LogP contribution in [0.1, 0.15) is 25.7 Å². The lowest BCUT2D eigenvalue weighted by Crippen LogP contribution is -2.64. The van der Waals surface area contributed by atoms with Crippen LogP contribution in [-0.2, 0) is 4.79 Å². The van der Waals surface area contributed by atoms with E-state index in [0.29, 0.717) is 12.6 Å². The minimum absolute atomic E-state index is 0.0846. The molecular weight excluding hydrogens is 168 g/mol. The molecule has 1 aliphatic carbocycles. The maximum absolute atomic E-state index is 11.3. The Morgan fingerprint density at radius 1 is 1.31 bits per heavy atom. The van der Waals surface area contributed by atoms with E-state index in [1.54, 1.807) is 0 Å². The van der Waals surface area contributed by atoms with E-state index >= 15 is 0 Å². The summed E-state index contributed by atoms with van der Waals surface area (Å²) in [5.74, 6) is 0.0846. The monoisotopic (exact) mass is 184 g/mol. The quantitative estimate of drug-likeness (QED) is 0.538. The largest absolute Gasteiger partial charge is 0.393 e. The zero-order valence-corrected chi connectivity index (χ0v) is 7.65. The van der Waals surface area contributed by atoms with Crippen molar-refractivity contribution in [1.29, 1.82) is 0 Å². The molecular formula is C9H16N2O2. The van der Waals surface area contributed by atoms with Crippen molar-refractivity contribution in [3.05, 3.63) is 0 Å². The van der Waals surface area contributed by atoms with Crippen LogP contribution in [0.5, 0.6) is 0 Å². The standard InChI is InChI=1S/C9H16N2O2/c10-8-5-11(9(8)13)6-1-3-7(12)4-2-6/h6-8,12H,1-5,10H2. The molecule has 74 valence electrons. The molecule has 2 rings (SSSR count). The normalized spacial score (nSPS) is 40.3. The first-order chi connectivity index (χ1) is 6.18. The molecule has 13 heavy (non-hydrogen) atoms. The van der Waals surface area contributed by atoms with E-state index in [9.17, 15) is 9.90 Å². The maximum atomic E-state index is 11.3. The van der Waals surface area contributed by atoms with Gasteiger partial charge < -0.3 is 15.7 Å². The van der Waals surface area contributed by atoms with Crippen LogP contribution in [0.3, 0.4) is 0 Å². The summed E-state index contributed by atoms with van der Waals surface area (Å²) in [6.07, 6.45) is 3.35. The second-order valence-electron chi connectivity index (χ2n) is 4.06. The van der Waals surface area contributed by atoms with Gasteiger partial charge in [-0.3, -0.25) is 4.79 Å². The molecule has 1 atom stereocenters. The van der Waals surface area contributed by atoms with Gasteiger partial charge in [0.25, 0.3) is 0 Å². The van der Waals surface area contributed by atoms with Gasteiger partial charge in [-0.15, -0.1) is 0 Å². The van der Waals surface area contributed by atoms with E-state index in [4.69, 9.17) is 5.73 Å². The third-order valence-electron chi connectivity index (χ3n) is 3.10. The second-order valence-corrected chi connectivity index (χ2v) is 4.06. The van der Waals surface area contributed by atoms with Gasteiger partial charge >= 0.3 is 0 Å². The molecule has 0 aromatic rings. The van der Waals surface area contributed by atoms with Crippen LogP contribution in [0.2, 0.25) is 0 Å². The number of β-lactam (4-membered cyclic amide) rings is 1. The van der Waals surface area contributed by atoms with Crippen LogP contribution in [0.25, 0.3) is 0 Å². The summed E-state index contributed by atoms with van der Waals surface area (Å²) in [5.41, 5.74) is 5.51. The molecule has 1 amide bonds. The molecule has 4 nitrogen and oxygen atoms in total. The van der Waals surface area contributed by atoms with Crippen molar-refractivity contribution in [2.75, 3.05) is 6.54 Å². The molecule has 1 aliphatic heterocycles. The molecule has 2 aliphatic rings. The van der Waals surface area contributed by atoms with Gasteiger partial charge in [-0.25, -0.2) is 0 Å². The zero-order chi connectivity index (χ0) is 9.42. The lowest BCUT2D eigenvalue weighted by Gasteiger charge is -2.44. The Labute approximate surface area is 77.7 Å². The number of carbonyl (C=O) groups excluding carboxylic acids is 1. The van der Waals surface area contributed by atoms with Crippen molar-refractivity contribution < 1.29 is 9.90 Å². The van der Waals surface area contributed by atoms with Gasteiger partial charge in [-0.05, 0) is 25.7 Å². The molecule has 0 bridgehead atoms. The topological polar surface area (TPSA) is 66.6 Å². The number of hydrogen-bond acceptors (Lipinski definition) is 3. The smallest absolute Gasteiger partial charge is 0.241 e. The molecule has 3 N–H and O–H groups in total. The van der Waals surface area contributed by atoms with Crippen LogP contribution in [0, 0.1) is 0 Å². The van der Waals surface area contributed by atoms with Gasteiger partial charge in [-0.2, -0.15) is 0 Å². The average molecular weight is 184 g/mol. The highest BCUT2D eigenvalue weighted by Gasteiger charge is 2.39. The molecule has 1 saturated heterocycles. The average Bonchev–Trinajstić information content (AvgIpc) is 2.15. The molecule has 1 heterocycles. The Hall–Kier alpha value is -0.610. The van der Waals surface area contributed by atoms with Crippen molar-refractivity contribution in [3.63, 3.8) is 0 Å². The highest BCUT2D eigenvalue weighted by molar-refractivity contribution is 5.87. The lowest BCUT2D eigenvalue weighted by atomic mass is 9.89. The van der Waals surface area contributed by atoms with Crippen molar-refractivity contribution in [2.24, 2.45) is 5.73 Å². The molecule has 0 aromatic carbocycles. The van der Waals surface area contributed by atoms with E-state index in [1.807, 2.05) is 4.90 Å². The number of carbonyl (C=O) groups is 1. The number of hydrogen-bond donors (Lipinski definition) is 2. The van der Waals surface area contributed by atoms with Crippen LogP contribution in [-0.4, -0.2) is 40.6 Å². The highest BCUT2D eigenvalue weighted by Crippen LogP contribution is 2.26. The molecule has 0 radical (unpaired) electrons. The van der Waals surface area contributed by atoms with Gasteiger partial charge in [0, 0.05) is 12.6 Å². The first-order valence-corrected chi connectivity index (χ1v) is 4.92. The van der Waals surface area contributed by atoms with Gasteiger partial charge in [0.1, 0.15) is 6.04 Å². The van der Waals surface area contributed by atoms with Crippen molar-refractivity contribution >= 4 is 5.91 Å². The Morgan fingerprint density at radius 3 is 2.38 bits per heavy atom. The minimum atomic E-state index is -0.258. The van der Waals surface area contributed by atoms with Crippen LogP contribution < -0.4 is 5.73 Å². The fraction of sp³-hybridized carbons (Fsp3) is 0.889. The summed E-state index contributed by atoms with van der Waals surface area (Å²) in [4.78, 5) is 13.1. The first-order valence-electron chi connectivity index (χ1n) is 4.92. The third kappa shape index (κ3) is 1.56. The highest BCUT2D eigenvalue weighted by atomic mass is 16.3. The van der Waals surface area contributed by atoms with Crippen molar-refractivity contribution in [1.82, 2.24) is 4.90 Å². The zero-order valence-electron chi connectivity index (χ0n) is 7.65. The fourth-order valence-corrected chi connectivity index (χ4v) is 2.18. The number of nitrogens with zero attached hydrogens (tertiary/aromatic N) is 1. The number of aliphatic hydroxyl groups excluding tert-OH is 1. The summed E-state index contributed by atoms with van der Waals surface area (Å²) in [7, 11) is 0. The molecule has 0 aromatic heterocycles. The van der Waals surface area contributed by atoms with Gasteiger partial charge in [-0.1, -0.05) is 0 Å². The van der Waals surface area contributed by atoms with Crippen LogP contribution >= 0.6 is 0 Å². The van der Waals surface area contributed by atoms with Gasteiger partial charge in [0.15, 0.2) is 0 Å². The summed E-state index contributed by atoms with van der Waals surface area (Å²) in [6.45, 7) is 0.708. The summed E-state index contributed by atoms with van der Waals surface area (Å²) in [6, 6.07) is 0.0857. The predicted octanol–water partition coefficient (Wildman–Crippen LogP) is -0.541. The number of aliphatic hydroxyl groups is 1. The molecule has 4 heteroatoms. The van der Waals surface area contributed by atoms with E-state index in [0.717, 1.165) is 25.7 Å². The molecule has 1 saturated carbocycles. The van der Waals surface area contributed by atoms with Gasteiger partial charge in [0.2, 0.25) is 5.91 Å². The molecule has 1 unspecified atom stereocenters. The number of nitrogens with two attached hydrogens (primary N) is 1. The first kappa shape index (κ1) is 8.97. The summed E-state index contributed by atoms with van der Waals surface area (Å²) >= 11 is 0. The van der Waals surface area contributed by atoms with Gasteiger partial charge in [0.05, 0.1) is 6.10 Å². The summed E-state index contributed by atoms with van der Waals surface area (Å²) < 4.78 is 0. The fourth-order valence-electron chi connectivity index (χ4n) is 2.18. The van der Waals surface area contributed by atoms with E-state index < -0.39 is 0 Å². The maximum Gasteiger partial charge on any atom is 0.241 e. The summed E-state index contributed by atoms with van der Waals surface area (Å²) in [5, 5.41) is 9.29. The predicted molar refractivity (Wildman–Crippen MR) is 48.0 cm³/mol. The number of amides is 1. The van der Waals surface area contributed by atoms with Crippen molar-refractivity contribution in [2.45, 2.75) is 43.9 Å². The molecule has 0 spiro atoms. The number of likely N-dealkylation sites (tertiary alicyclic amines) is 1. The van der Waals surface area contributed by atoms with E-state index in [-0.39, 0.29) is 18.1 Å². The van der Waals surface area contributed by atoms with Crippen LogP contribution in [0.4, 0.5) is 0 Å². The Balaban J connectivity index is 1.86. The minimum Gasteiger partial charge on any atom is -0.393 e. The van der Waals surface area contributed by atoms with Crippen molar-refractivity contribution in [3.8, 4) is 0 Å². The Bertz CT molecular complexity index is 212. The second kappa shape index (κ2) is 3.27. The Kier molecular flexibility index (Phi) is 2.26. The SMILES string of the molecule is NC1CN(C2CCC(O)CC2)C1=O. The van der Waals surface area contributed by atoms with Crippen LogP contribution in [0.15, 0.2) is 0 Å². The number of rotatable bonds is 1. The lowest BCUT2D eigenvalue weighted by molar-refractivity contribution is -0.147.